The molecule has 0 unspecified atom stereocenters. The predicted octanol–water partition coefficient (Wildman–Crippen LogP) is 7.61. The largest absolute Gasteiger partial charge is 0.494 e. The molecule has 4 aromatic rings. The van der Waals surface area contributed by atoms with Crippen LogP contribution in [0.1, 0.15) is 12.8 Å². The van der Waals surface area contributed by atoms with Crippen LogP contribution in [0, 0.1) is 0 Å². The Bertz CT molecular complexity index is 993. The molecule has 30 heavy (non-hydrogen) atoms. The summed E-state index contributed by atoms with van der Waals surface area (Å²) >= 11 is 0. The number of hydrogen-bond acceptors (Lipinski definition) is 4. The summed E-state index contributed by atoms with van der Waals surface area (Å²) in [7, 11) is 3.84. The quantitative estimate of drug-likeness (QED) is 0.178. The van der Waals surface area contributed by atoms with E-state index in [4.69, 9.17) is 9.47 Å². The minimum absolute atomic E-state index is 0.761. The van der Waals surface area contributed by atoms with E-state index >= 15 is 0 Å². The van der Waals surface area contributed by atoms with Crippen molar-refractivity contribution in [2.24, 2.45) is 0 Å². The lowest BCUT2D eigenvalue weighted by Crippen LogP contribution is -1.99. The molecule has 0 N–H and O–H groups in total. The van der Waals surface area contributed by atoms with Gasteiger partial charge < -0.3 is 9.47 Å². The van der Waals surface area contributed by atoms with Crippen LogP contribution in [0.2, 0.25) is 0 Å². The molecule has 0 bridgehead atoms. The van der Waals surface area contributed by atoms with E-state index in [1.54, 1.807) is 0 Å². The highest BCUT2D eigenvalue weighted by Gasteiger charge is 1.99. The third-order valence-corrected chi connectivity index (χ3v) is 7.38. The summed E-state index contributed by atoms with van der Waals surface area (Å²) in [6, 6.07) is 29.3. The number of benzene rings is 4. The van der Waals surface area contributed by atoms with Gasteiger partial charge in [0.05, 0.1) is 13.2 Å². The molecule has 0 aliphatic rings. The van der Waals surface area contributed by atoms with Gasteiger partial charge in [-0.2, -0.15) is 0 Å². The van der Waals surface area contributed by atoms with Crippen LogP contribution in [0.15, 0.2) is 84.9 Å². The van der Waals surface area contributed by atoms with E-state index in [0.717, 1.165) is 49.1 Å². The maximum absolute atomic E-state index is 5.90. The van der Waals surface area contributed by atoms with Gasteiger partial charge in [0.1, 0.15) is 11.5 Å². The molecule has 0 aliphatic heterocycles. The molecule has 0 aromatic heterocycles. The first-order valence-corrected chi connectivity index (χ1v) is 12.8. The molecular formula is C26H26O2S2. The van der Waals surface area contributed by atoms with Crippen molar-refractivity contribution in [3.8, 4) is 11.5 Å². The fourth-order valence-electron chi connectivity index (χ4n) is 3.25. The highest BCUT2D eigenvalue weighted by molar-refractivity contribution is 8.76. The summed E-state index contributed by atoms with van der Waals surface area (Å²) in [6.07, 6.45) is 2.11. The monoisotopic (exact) mass is 434 g/mol. The summed E-state index contributed by atoms with van der Waals surface area (Å²) < 4.78 is 11.8. The van der Waals surface area contributed by atoms with Crippen LogP contribution in [0.3, 0.4) is 0 Å². The molecule has 0 saturated heterocycles. The minimum atomic E-state index is 0.761. The van der Waals surface area contributed by atoms with E-state index in [9.17, 15) is 0 Å². The second-order valence-electron chi connectivity index (χ2n) is 7.07. The van der Waals surface area contributed by atoms with Crippen molar-refractivity contribution in [1.82, 2.24) is 0 Å². The fraction of sp³-hybridized carbons (Fsp3) is 0.231. The summed E-state index contributed by atoms with van der Waals surface area (Å²) in [6.45, 7) is 1.52. The van der Waals surface area contributed by atoms with Gasteiger partial charge in [0.15, 0.2) is 0 Å². The second-order valence-corrected chi connectivity index (χ2v) is 9.77. The Kier molecular flexibility index (Phi) is 7.81. The zero-order valence-corrected chi connectivity index (χ0v) is 18.6. The van der Waals surface area contributed by atoms with Gasteiger partial charge >= 0.3 is 0 Å². The van der Waals surface area contributed by atoms with E-state index in [1.165, 1.54) is 21.5 Å². The summed E-state index contributed by atoms with van der Waals surface area (Å²) in [5, 5.41) is 4.96. The first-order valence-electron chi connectivity index (χ1n) is 10.4. The van der Waals surface area contributed by atoms with Gasteiger partial charge in [-0.1, -0.05) is 82.3 Å². The third-order valence-electron chi connectivity index (χ3n) is 4.81. The smallest absolute Gasteiger partial charge is 0.119 e. The lowest BCUT2D eigenvalue weighted by Gasteiger charge is -2.08. The third kappa shape index (κ3) is 6.10. The molecule has 154 valence electrons. The molecule has 0 heterocycles. The molecule has 0 atom stereocenters. The predicted molar refractivity (Wildman–Crippen MR) is 133 cm³/mol. The minimum Gasteiger partial charge on any atom is -0.494 e. The van der Waals surface area contributed by atoms with Gasteiger partial charge in [0.2, 0.25) is 0 Å². The van der Waals surface area contributed by atoms with Crippen molar-refractivity contribution in [3.05, 3.63) is 84.9 Å². The molecule has 2 nitrogen and oxygen atoms in total. The number of hydrogen-bond donors (Lipinski definition) is 0. The Labute approximate surface area is 186 Å². The zero-order chi connectivity index (χ0) is 20.4. The Balaban J connectivity index is 1.05. The molecule has 0 saturated carbocycles. The maximum Gasteiger partial charge on any atom is 0.119 e. The molecule has 0 spiro atoms. The van der Waals surface area contributed by atoms with Crippen molar-refractivity contribution in [2.75, 3.05) is 24.7 Å². The van der Waals surface area contributed by atoms with Gasteiger partial charge in [0, 0.05) is 11.5 Å². The van der Waals surface area contributed by atoms with Crippen LogP contribution < -0.4 is 9.47 Å². The van der Waals surface area contributed by atoms with Gasteiger partial charge in [-0.15, -0.1) is 0 Å². The molecule has 0 amide bonds. The first kappa shape index (κ1) is 21.0. The average Bonchev–Trinajstić information content (AvgIpc) is 2.80. The van der Waals surface area contributed by atoms with E-state index in [2.05, 4.69) is 84.9 Å². The summed E-state index contributed by atoms with van der Waals surface area (Å²) in [5.41, 5.74) is 0. The zero-order valence-electron chi connectivity index (χ0n) is 17.0. The highest BCUT2D eigenvalue weighted by Crippen LogP contribution is 2.25. The summed E-state index contributed by atoms with van der Waals surface area (Å²) in [5.74, 6) is 4.11. The highest BCUT2D eigenvalue weighted by atomic mass is 33.1. The lowest BCUT2D eigenvalue weighted by molar-refractivity contribution is 0.319. The first-order chi connectivity index (χ1) is 14.9. The molecule has 0 aliphatic carbocycles. The summed E-state index contributed by atoms with van der Waals surface area (Å²) in [4.78, 5) is 0. The number of rotatable bonds is 11. The Hall–Kier alpha value is -2.30. The van der Waals surface area contributed by atoms with Crippen LogP contribution in [-0.2, 0) is 0 Å². The van der Waals surface area contributed by atoms with Crippen molar-refractivity contribution in [2.45, 2.75) is 12.8 Å². The molecule has 0 fully saturated rings. The average molecular weight is 435 g/mol. The number of ether oxygens (including phenoxy) is 2. The van der Waals surface area contributed by atoms with Crippen molar-refractivity contribution in [3.63, 3.8) is 0 Å². The Morgan fingerprint density at radius 3 is 1.40 bits per heavy atom. The normalized spacial score (nSPS) is 11.1. The van der Waals surface area contributed by atoms with E-state index < -0.39 is 0 Å². The van der Waals surface area contributed by atoms with Crippen LogP contribution in [0.4, 0.5) is 0 Å². The van der Waals surface area contributed by atoms with Gasteiger partial charge in [-0.3, -0.25) is 0 Å². The van der Waals surface area contributed by atoms with Crippen LogP contribution in [-0.4, -0.2) is 24.7 Å². The molecule has 4 aromatic carbocycles. The van der Waals surface area contributed by atoms with Gasteiger partial charge in [-0.25, -0.2) is 0 Å². The second kappa shape index (κ2) is 11.2. The lowest BCUT2D eigenvalue weighted by atomic mass is 10.1. The fourth-order valence-corrected chi connectivity index (χ4v) is 5.37. The Morgan fingerprint density at radius 1 is 0.500 bits per heavy atom. The molecule has 4 heteroatoms. The molecular weight excluding hydrogens is 408 g/mol. The standard InChI is InChI=1S/C26H26O2S2/c1-3-9-23-19-25(13-11-21(23)7-1)27-15-5-17-29-30-18-6-16-28-26-14-12-22-8-2-4-10-24(22)20-26/h1-4,7-14,19-20H,5-6,15-18H2. The molecule has 4 rings (SSSR count). The van der Waals surface area contributed by atoms with E-state index in [1.807, 2.05) is 21.6 Å². The van der Waals surface area contributed by atoms with Gasteiger partial charge in [-0.05, 0) is 58.7 Å². The number of fused-ring (bicyclic) bond motifs is 2. The van der Waals surface area contributed by atoms with E-state index in [-0.39, 0.29) is 0 Å². The maximum atomic E-state index is 5.90. The topological polar surface area (TPSA) is 18.5 Å². The van der Waals surface area contributed by atoms with Crippen molar-refractivity contribution < 1.29 is 9.47 Å². The van der Waals surface area contributed by atoms with Crippen LogP contribution >= 0.6 is 21.6 Å². The van der Waals surface area contributed by atoms with Crippen LogP contribution in [0.25, 0.3) is 21.5 Å². The van der Waals surface area contributed by atoms with Gasteiger partial charge in [0.25, 0.3) is 0 Å². The van der Waals surface area contributed by atoms with Crippen molar-refractivity contribution in [1.29, 1.82) is 0 Å². The van der Waals surface area contributed by atoms with Crippen molar-refractivity contribution >= 4 is 43.1 Å². The van der Waals surface area contributed by atoms with Crippen LogP contribution in [0.5, 0.6) is 11.5 Å². The van der Waals surface area contributed by atoms with E-state index in [0.29, 0.717) is 0 Å². The SMILES string of the molecule is c1ccc2cc(OCCCSSCCCOc3ccc4ccccc4c3)ccc2c1. The Morgan fingerprint density at radius 2 is 0.933 bits per heavy atom. The molecule has 0 radical (unpaired) electrons.